The molecule has 3 amide bonds. The summed E-state index contributed by atoms with van der Waals surface area (Å²) in [5.41, 5.74) is 1.25. The normalized spacial score (nSPS) is 15.4. The largest absolute Gasteiger partial charge is 0.349 e. The lowest BCUT2D eigenvalue weighted by molar-refractivity contribution is -0.140. The molecule has 2 aromatic rings. The lowest BCUT2D eigenvalue weighted by Gasteiger charge is -2.34. The number of nitrogens with one attached hydrogen (secondary N) is 1. The van der Waals surface area contributed by atoms with Crippen LogP contribution in [0.5, 0.6) is 0 Å². The molecule has 3 rings (SSSR count). The predicted octanol–water partition coefficient (Wildman–Crippen LogP) is 2.48. The molecule has 0 saturated carbocycles. The van der Waals surface area contributed by atoms with E-state index in [1.165, 1.54) is 0 Å². The third-order valence-electron chi connectivity index (χ3n) is 5.29. The molecule has 1 heterocycles. The van der Waals surface area contributed by atoms with Gasteiger partial charge in [-0.25, -0.2) is 0 Å². The van der Waals surface area contributed by atoms with Crippen LogP contribution in [-0.4, -0.2) is 54.7 Å². The van der Waals surface area contributed by atoms with Gasteiger partial charge in [0, 0.05) is 38.7 Å². The molecule has 6 heteroatoms. The molecule has 0 spiro atoms. The Morgan fingerprint density at radius 3 is 2.03 bits per heavy atom. The molecule has 0 bridgehead atoms. The summed E-state index contributed by atoms with van der Waals surface area (Å²) in [6, 6.07) is 17.4. The van der Waals surface area contributed by atoms with Crippen LogP contribution in [0, 0.1) is 5.92 Å². The first kappa shape index (κ1) is 20.6. The maximum Gasteiger partial charge on any atom is 0.252 e. The Kier molecular flexibility index (Phi) is 6.65. The van der Waals surface area contributed by atoms with E-state index in [4.69, 9.17) is 0 Å². The number of carbonyl (C=O) groups is 3. The molecule has 0 aromatic heterocycles. The fourth-order valence-electron chi connectivity index (χ4n) is 3.63. The highest BCUT2D eigenvalue weighted by Crippen LogP contribution is 2.23. The highest BCUT2D eigenvalue weighted by molar-refractivity contribution is 5.97. The maximum absolute atomic E-state index is 13.3. The van der Waals surface area contributed by atoms with Crippen molar-refractivity contribution in [3.8, 4) is 0 Å². The van der Waals surface area contributed by atoms with Crippen molar-refractivity contribution in [1.82, 2.24) is 15.1 Å². The van der Waals surface area contributed by atoms with Crippen LogP contribution in [0.3, 0.4) is 0 Å². The molecular formula is C23H27N3O3. The van der Waals surface area contributed by atoms with E-state index in [1.54, 1.807) is 48.2 Å². The summed E-state index contributed by atoms with van der Waals surface area (Å²) < 4.78 is 0. The van der Waals surface area contributed by atoms with Crippen molar-refractivity contribution in [2.45, 2.75) is 18.9 Å². The standard InChI is InChI=1S/C23H27N3O3/c1-25(2)22(28)19-13-15-26(16-14-19)23(29)20(17-9-5-3-6-10-17)24-21(27)18-11-7-4-8-12-18/h3-12,19-20H,13-16H2,1-2H3,(H,24,27). The smallest absolute Gasteiger partial charge is 0.252 e. The minimum absolute atomic E-state index is 0.0527. The summed E-state index contributed by atoms with van der Waals surface area (Å²) >= 11 is 0. The van der Waals surface area contributed by atoms with Crippen LogP contribution >= 0.6 is 0 Å². The monoisotopic (exact) mass is 393 g/mol. The fourth-order valence-corrected chi connectivity index (χ4v) is 3.63. The summed E-state index contributed by atoms with van der Waals surface area (Å²) in [7, 11) is 3.51. The Morgan fingerprint density at radius 2 is 1.48 bits per heavy atom. The third-order valence-corrected chi connectivity index (χ3v) is 5.29. The molecule has 1 unspecified atom stereocenters. The number of amides is 3. The van der Waals surface area contributed by atoms with Gasteiger partial charge in [0.25, 0.3) is 5.91 Å². The van der Waals surface area contributed by atoms with E-state index in [2.05, 4.69) is 5.32 Å². The van der Waals surface area contributed by atoms with Crippen molar-refractivity contribution >= 4 is 17.7 Å². The number of rotatable bonds is 5. The minimum Gasteiger partial charge on any atom is -0.349 e. The van der Waals surface area contributed by atoms with Gasteiger partial charge < -0.3 is 15.1 Å². The van der Waals surface area contributed by atoms with Crippen LogP contribution in [-0.2, 0) is 9.59 Å². The van der Waals surface area contributed by atoms with Crippen LogP contribution in [0.2, 0.25) is 0 Å². The zero-order valence-electron chi connectivity index (χ0n) is 16.9. The molecule has 1 atom stereocenters. The Bertz CT molecular complexity index is 844. The summed E-state index contributed by atoms with van der Waals surface area (Å²) in [6.07, 6.45) is 1.27. The molecule has 29 heavy (non-hydrogen) atoms. The second-order valence-corrected chi connectivity index (χ2v) is 7.52. The Hall–Kier alpha value is -3.15. The van der Waals surface area contributed by atoms with Crippen LogP contribution in [0.1, 0.15) is 34.8 Å². The van der Waals surface area contributed by atoms with Crippen molar-refractivity contribution in [3.05, 3.63) is 71.8 Å². The van der Waals surface area contributed by atoms with Crippen LogP contribution in [0.15, 0.2) is 60.7 Å². The van der Waals surface area contributed by atoms with Gasteiger partial charge in [0.1, 0.15) is 6.04 Å². The minimum atomic E-state index is -0.759. The number of benzene rings is 2. The van der Waals surface area contributed by atoms with Crippen molar-refractivity contribution in [2.24, 2.45) is 5.92 Å². The number of nitrogens with zero attached hydrogens (tertiary/aromatic N) is 2. The number of piperidine rings is 1. The Labute approximate surface area is 171 Å². The molecule has 1 N–H and O–H groups in total. The molecule has 0 radical (unpaired) electrons. The van der Waals surface area contributed by atoms with Gasteiger partial charge in [-0.1, -0.05) is 48.5 Å². The highest BCUT2D eigenvalue weighted by Gasteiger charge is 2.32. The topological polar surface area (TPSA) is 69.7 Å². The summed E-state index contributed by atoms with van der Waals surface area (Å²) in [6.45, 7) is 1.02. The zero-order chi connectivity index (χ0) is 20.8. The molecule has 1 aliphatic rings. The first-order valence-corrected chi connectivity index (χ1v) is 9.88. The molecule has 6 nitrogen and oxygen atoms in total. The van der Waals surface area contributed by atoms with Gasteiger partial charge >= 0.3 is 0 Å². The second kappa shape index (κ2) is 9.37. The Morgan fingerprint density at radius 1 is 0.931 bits per heavy atom. The summed E-state index contributed by atoms with van der Waals surface area (Å²) in [5.74, 6) is -0.376. The van der Waals surface area contributed by atoms with Crippen molar-refractivity contribution in [2.75, 3.05) is 27.2 Å². The van der Waals surface area contributed by atoms with E-state index in [0.29, 0.717) is 31.5 Å². The summed E-state index contributed by atoms with van der Waals surface area (Å²) in [4.78, 5) is 41.5. The van der Waals surface area contributed by atoms with Crippen LogP contribution in [0.4, 0.5) is 0 Å². The average molecular weight is 393 g/mol. The lowest BCUT2D eigenvalue weighted by Crippen LogP contribution is -2.47. The summed E-state index contributed by atoms with van der Waals surface area (Å²) in [5, 5.41) is 2.89. The fraction of sp³-hybridized carbons (Fsp3) is 0.348. The number of hydrogen-bond acceptors (Lipinski definition) is 3. The molecule has 1 saturated heterocycles. The van der Waals surface area contributed by atoms with Crippen molar-refractivity contribution < 1.29 is 14.4 Å². The number of hydrogen-bond donors (Lipinski definition) is 1. The quantitative estimate of drug-likeness (QED) is 0.849. The van der Waals surface area contributed by atoms with Crippen molar-refractivity contribution in [1.29, 1.82) is 0 Å². The van der Waals surface area contributed by atoms with E-state index in [1.807, 2.05) is 36.4 Å². The van der Waals surface area contributed by atoms with Gasteiger partial charge in [-0.05, 0) is 30.5 Å². The van der Waals surface area contributed by atoms with E-state index in [9.17, 15) is 14.4 Å². The molecular weight excluding hydrogens is 366 g/mol. The zero-order valence-corrected chi connectivity index (χ0v) is 16.9. The predicted molar refractivity (Wildman–Crippen MR) is 111 cm³/mol. The van der Waals surface area contributed by atoms with E-state index >= 15 is 0 Å². The molecule has 1 aliphatic heterocycles. The maximum atomic E-state index is 13.3. The third kappa shape index (κ3) is 5.02. The molecule has 152 valence electrons. The first-order chi connectivity index (χ1) is 14.0. The van der Waals surface area contributed by atoms with E-state index < -0.39 is 6.04 Å². The van der Waals surface area contributed by atoms with Gasteiger partial charge in [0.15, 0.2) is 0 Å². The van der Waals surface area contributed by atoms with Gasteiger partial charge in [-0.2, -0.15) is 0 Å². The van der Waals surface area contributed by atoms with Gasteiger partial charge in [0.2, 0.25) is 11.8 Å². The molecule has 2 aromatic carbocycles. The molecule has 0 aliphatic carbocycles. The van der Waals surface area contributed by atoms with E-state index in [0.717, 1.165) is 5.56 Å². The van der Waals surface area contributed by atoms with Gasteiger partial charge in [-0.3, -0.25) is 14.4 Å². The SMILES string of the molecule is CN(C)C(=O)C1CCN(C(=O)C(NC(=O)c2ccccc2)c2ccccc2)CC1. The van der Waals surface area contributed by atoms with Gasteiger partial charge in [-0.15, -0.1) is 0 Å². The highest BCUT2D eigenvalue weighted by atomic mass is 16.2. The number of carbonyl (C=O) groups excluding carboxylic acids is 3. The average Bonchev–Trinajstić information content (AvgIpc) is 2.77. The Balaban J connectivity index is 1.74. The van der Waals surface area contributed by atoms with Crippen LogP contribution < -0.4 is 5.32 Å². The molecule has 1 fully saturated rings. The first-order valence-electron chi connectivity index (χ1n) is 9.88. The van der Waals surface area contributed by atoms with Gasteiger partial charge in [0.05, 0.1) is 0 Å². The van der Waals surface area contributed by atoms with E-state index in [-0.39, 0.29) is 23.6 Å². The second-order valence-electron chi connectivity index (χ2n) is 7.52. The van der Waals surface area contributed by atoms with Crippen LogP contribution in [0.25, 0.3) is 0 Å². The lowest BCUT2D eigenvalue weighted by atomic mass is 9.94. The van der Waals surface area contributed by atoms with Crippen molar-refractivity contribution in [3.63, 3.8) is 0 Å². The number of likely N-dealkylation sites (tertiary alicyclic amines) is 1.